The van der Waals surface area contributed by atoms with E-state index >= 15 is 0 Å². The Labute approximate surface area is 108 Å². The minimum Gasteiger partial charge on any atom is -0.378 e. The summed E-state index contributed by atoms with van der Waals surface area (Å²) in [6, 6.07) is 8.21. The van der Waals surface area contributed by atoms with Gasteiger partial charge in [-0.3, -0.25) is 4.79 Å². The molecule has 0 saturated heterocycles. The number of nitrogens with two attached hydrogens (primary N) is 1. The van der Waals surface area contributed by atoms with Gasteiger partial charge < -0.3 is 16.0 Å². The Bertz CT molecular complexity index is 410. The second-order valence-electron chi connectivity index (χ2n) is 5.14. The van der Waals surface area contributed by atoms with Crippen molar-refractivity contribution in [1.82, 2.24) is 5.32 Å². The van der Waals surface area contributed by atoms with Crippen molar-refractivity contribution in [3.05, 3.63) is 29.8 Å². The molecule has 1 atom stereocenters. The number of rotatable bonds is 5. The topological polar surface area (TPSA) is 58.4 Å². The minimum absolute atomic E-state index is 0.0571. The number of hydrogen-bond donors (Lipinski definition) is 2. The third-order valence-electron chi connectivity index (χ3n) is 3.19. The van der Waals surface area contributed by atoms with Gasteiger partial charge in [0.15, 0.2) is 0 Å². The van der Waals surface area contributed by atoms with Crippen LogP contribution >= 0.6 is 0 Å². The van der Waals surface area contributed by atoms with Crippen LogP contribution in [-0.2, 0) is 4.79 Å². The molecule has 98 valence electrons. The summed E-state index contributed by atoms with van der Waals surface area (Å²) in [5.74, 6) is 0.0571. The Balaban J connectivity index is 1.90. The van der Waals surface area contributed by atoms with Crippen molar-refractivity contribution in [3.8, 4) is 0 Å². The Morgan fingerprint density at radius 3 is 2.50 bits per heavy atom. The number of nitrogens with one attached hydrogen (secondary N) is 1. The van der Waals surface area contributed by atoms with Crippen LogP contribution in [0.3, 0.4) is 0 Å². The summed E-state index contributed by atoms with van der Waals surface area (Å²) in [6.45, 7) is 0. The molecule has 3 N–H and O–H groups in total. The van der Waals surface area contributed by atoms with E-state index in [-0.39, 0.29) is 11.9 Å². The molecular formula is C14H21N3O. The van der Waals surface area contributed by atoms with E-state index in [0.717, 1.165) is 24.1 Å². The van der Waals surface area contributed by atoms with Gasteiger partial charge in [0, 0.05) is 38.3 Å². The number of carbonyl (C=O) groups is 1. The van der Waals surface area contributed by atoms with Gasteiger partial charge in [0.25, 0.3) is 0 Å². The van der Waals surface area contributed by atoms with Crippen molar-refractivity contribution < 1.29 is 4.79 Å². The van der Waals surface area contributed by atoms with Gasteiger partial charge in [-0.05, 0) is 30.5 Å². The summed E-state index contributed by atoms with van der Waals surface area (Å²) in [6.07, 6.45) is 2.58. The summed E-state index contributed by atoms with van der Waals surface area (Å²) >= 11 is 0. The van der Waals surface area contributed by atoms with Crippen LogP contribution in [0.1, 0.15) is 30.9 Å². The first-order valence-electron chi connectivity index (χ1n) is 6.38. The monoisotopic (exact) mass is 247 g/mol. The van der Waals surface area contributed by atoms with Crippen LogP contribution in [0.5, 0.6) is 0 Å². The Morgan fingerprint density at radius 2 is 2.00 bits per heavy atom. The predicted octanol–water partition coefficient (Wildman–Crippen LogP) is 1.42. The molecule has 18 heavy (non-hydrogen) atoms. The molecule has 1 fully saturated rings. The fourth-order valence-corrected chi connectivity index (χ4v) is 1.85. The van der Waals surface area contributed by atoms with Gasteiger partial charge in [-0.15, -0.1) is 0 Å². The quantitative estimate of drug-likeness (QED) is 0.827. The number of nitrogens with zero attached hydrogens (tertiary/aromatic N) is 1. The molecular weight excluding hydrogens is 226 g/mol. The van der Waals surface area contributed by atoms with E-state index in [2.05, 4.69) is 5.32 Å². The van der Waals surface area contributed by atoms with Crippen molar-refractivity contribution in [2.45, 2.75) is 31.3 Å². The van der Waals surface area contributed by atoms with Gasteiger partial charge in [0.05, 0.1) is 0 Å². The standard InChI is InChI=1S/C14H21N3O/c1-17(2)12-7-3-10(4-8-12)13(15)9-14(18)16-11-5-6-11/h3-4,7-8,11,13H,5-6,9,15H2,1-2H3,(H,16,18). The van der Waals surface area contributed by atoms with Crippen LogP contribution in [0, 0.1) is 0 Å². The molecule has 1 aliphatic carbocycles. The van der Waals surface area contributed by atoms with Crippen molar-refractivity contribution in [3.63, 3.8) is 0 Å². The van der Waals surface area contributed by atoms with Crippen molar-refractivity contribution in [1.29, 1.82) is 0 Å². The molecule has 1 unspecified atom stereocenters. The van der Waals surface area contributed by atoms with E-state index in [0.29, 0.717) is 12.5 Å². The summed E-state index contributed by atoms with van der Waals surface area (Å²) in [7, 11) is 4.00. The second kappa shape index (κ2) is 5.40. The normalized spacial score (nSPS) is 16.2. The largest absolute Gasteiger partial charge is 0.378 e. The number of benzene rings is 1. The molecule has 0 spiro atoms. The predicted molar refractivity (Wildman–Crippen MR) is 73.5 cm³/mol. The Morgan fingerprint density at radius 1 is 1.39 bits per heavy atom. The average Bonchev–Trinajstić information content (AvgIpc) is 3.12. The van der Waals surface area contributed by atoms with Crippen LogP contribution < -0.4 is 16.0 Å². The van der Waals surface area contributed by atoms with Crippen molar-refractivity contribution >= 4 is 11.6 Å². The highest BCUT2D eigenvalue weighted by molar-refractivity contribution is 5.77. The van der Waals surface area contributed by atoms with Crippen LogP contribution in [0.15, 0.2) is 24.3 Å². The molecule has 0 aromatic heterocycles. The van der Waals surface area contributed by atoms with Crippen molar-refractivity contribution in [2.24, 2.45) is 5.73 Å². The Hall–Kier alpha value is -1.55. The molecule has 0 aliphatic heterocycles. The smallest absolute Gasteiger partial charge is 0.222 e. The zero-order chi connectivity index (χ0) is 13.1. The molecule has 1 saturated carbocycles. The third-order valence-corrected chi connectivity index (χ3v) is 3.19. The van der Waals surface area contributed by atoms with E-state index in [1.54, 1.807) is 0 Å². The zero-order valence-corrected chi connectivity index (χ0v) is 11.0. The first kappa shape index (κ1) is 12.9. The zero-order valence-electron chi connectivity index (χ0n) is 11.0. The third kappa shape index (κ3) is 3.47. The second-order valence-corrected chi connectivity index (χ2v) is 5.14. The first-order chi connectivity index (χ1) is 8.56. The van der Waals surface area contributed by atoms with E-state index in [1.165, 1.54) is 0 Å². The summed E-state index contributed by atoms with van der Waals surface area (Å²) in [5.41, 5.74) is 8.18. The maximum absolute atomic E-state index is 11.7. The Kier molecular flexibility index (Phi) is 3.87. The number of hydrogen-bond acceptors (Lipinski definition) is 3. The molecule has 1 aliphatic rings. The first-order valence-corrected chi connectivity index (χ1v) is 6.38. The molecule has 2 rings (SSSR count). The van der Waals surface area contributed by atoms with E-state index in [9.17, 15) is 4.79 Å². The van der Waals surface area contributed by atoms with Crippen LogP contribution in [0.25, 0.3) is 0 Å². The maximum Gasteiger partial charge on any atom is 0.222 e. The highest BCUT2D eigenvalue weighted by atomic mass is 16.1. The highest BCUT2D eigenvalue weighted by Crippen LogP contribution is 2.21. The highest BCUT2D eigenvalue weighted by Gasteiger charge is 2.24. The molecule has 0 bridgehead atoms. The molecule has 4 heteroatoms. The van der Waals surface area contributed by atoms with Crippen LogP contribution in [0.2, 0.25) is 0 Å². The summed E-state index contributed by atoms with van der Waals surface area (Å²) in [4.78, 5) is 13.7. The van der Waals surface area contributed by atoms with Gasteiger partial charge in [-0.25, -0.2) is 0 Å². The minimum atomic E-state index is -0.222. The molecule has 0 radical (unpaired) electrons. The number of amides is 1. The van der Waals surface area contributed by atoms with Gasteiger partial charge in [-0.2, -0.15) is 0 Å². The van der Waals surface area contributed by atoms with Gasteiger partial charge in [0.2, 0.25) is 5.91 Å². The van der Waals surface area contributed by atoms with Crippen molar-refractivity contribution in [2.75, 3.05) is 19.0 Å². The number of anilines is 1. The molecule has 1 amide bonds. The van der Waals surface area contributed by atoms with E-state index in [4.69, 9.17) is 5.73 Å². The van der Waals surface area contributed by atoms with Gasteiger partial charge in [-0.1, -0.05) is 12.1 Å². The molecule has 1 aromatic carbocycles. The lowest BCUT2D eigenvalue weighted by Gasteiger charge is -2.15. The van der Waals surface area contributed by atoms with Crippen LogP contribution in [0.4, 0.5) is 5.69 Å². The fraction of sp³-hybridized carbons (Fsp3) is 0.500. The maximum atomic E-state index is 11.7. The fourth-order valence-electron chi connectivity index (χ4n) is 1.85. The molecule has 0 heterocycles. The summed E-state index contributed by atoms with van der Waals surface area (Å²) in [5, 5.41) is 2.96. The average molecular weight is 247 g/mol. The van der Waals surface area contributed by atoms with E-state index < -0.39 is 0 Å². The molecule has 4 nitrogen and oxygen atoms in total. The lowest BCUT2D eigenvalue weighted by atomic mass is 10.0. The van der Waals surface area contributed by atoms with Crippen LogP contribution in [-0.4, -0.2) is 26.0 Å². The summed E-state index contributed by atoms with van der Waals surface area (Å²) < 4.78 is 0. The number of carbonyl (C=O) groups excluding carboxylic acids is 1. The van der Waals surface area contributed by atoms with E-state index in [1.807, 2.05) is 43.3 Å². The lowest BCUT2D eigenvalue weighted by Crippen LogP contribution is -2.29. The lowest BCUT2D eigenvalue weighted by molar-refractivity contribution is -0.121. The van der Waals surface area contributed by atoms with Gasteiger partial charge >= 0.3 is 0 Å². The van der Waals surface area contributed by atoms with Gasteiger partial charge in [0.1, 0.15) is 0 Å². The SMILES string of the molecule is CN(C)c1ccc(C(N)CC(=O)NC2CC2)cc1. The molecule has 1 aromatic rings.